The van der Waals surface area contributed by atoms with Crippen molar-refractivity contribution in [1.29, 1.82) is 0 Å². The third-order valence-corrected chi connectivity index (χ3v) is 6.19. The molecule has 4 nitrogen and oxygen atoms in total. The van der Waals surface area contributed by atoms with E-state index < -0.39 is 6.10 Å². The van der Waals surface area contributed by atoms with Crippen LogP contribution in [-0.4, -0.2) is 36.5 Å². The first kappa shape index (κ1) is 20.0. The average Bonchev–Trinajstić information content (AvgIpc) is 2.76. The molecule has 0 saturated heterocycles. The Morgan fingerprint density at radius 2 is 1.83 bits per heavy atom. The number of hydrogen-bond donors (Lipinski definition) is 1. The minimum atomic E-state index is -0.467. The van der Waals surface area contributed by atoms with Gasteiger partial charge in [0.15, 0.2) is 6.10 Å². The Kier molecular flexibility index (Phi) is 6.50. The first-order chi connectivity index (χ1) is 14.2. The van der Waals surface area contributed by atoms with Crippen LogP contribution in [0.5, 0.6) is 5.75 Å². The standard InChI is InChI=1S/C25H32N2O2/c1-19(29-24-13-6-11-21-9-4-5-12-23(21)24)25(28)26-15-7-16-27-17-14-20-8-2-3-10-22(20)18-27/h2-3,6,8,10-11,13,19H,4-5,7,9,12,14-18H2,1H3,(H,26,28)/t19-/m0/s1. The Morgan fingerprint density at radius 3 is 2.72 bits per heavy atom. The molecular formula is C25H32N2O2. The number of carbonyl (C=O) groups excluding carboxylic acids is 1. The van der Waals surface area contributed by atoms with Gasteiger partial charge >= 0.3 is 0 Å². The second-order valence-electron chi connectivity index (χ2n) is 8.30. The Balaban J connectivity index is 1.20. The lowest BCUT2D eigenvalue weighted by Crippen LogP contribution is -2.38. The molecule has 29 heavy (non-hydrogen) atoms. The highest BCUT2D eigenvalue weighted by molar-refractivity contribution is 5.80. The number of nitrogens with one attached hydrogen (secondary N) is 1. The zero-order valence-electron chi connectivity index (χ0n) is 17.5. The van der Waals surface area contributed by atoms with Gasteiger partial charge in [-0.25, -0.2) is 0 Å². The van der Waals surface area contributed by atoms with Crippen LogP contribution in [0.1, 0.15) is 48.4 Å². The fourth-order valence-corrected chi connectivity index (χ4v) is 4.50. The van der Waals surface area contributed by atoms with E-state index in [0.29, 0.717) is 6.54 Å². The van der Waals surface area contributed by atoms with Crippen LogP contribution in [-0.2, 0) is 30.6 Å². The fraction of sp³-hybridized carbons (Fsp3) is 0.480. The molecule has 2 aliphatic rings. The quantitative estimate of drug-likeness (QED) is 0.727. The third-order valence-electron chi connectivity index (χ3n) is 6.19. The second-order valence-corrected chi connectivity index (χ2v) is 8.30. The number of rotatable bonds is 7. The van der Waals surface area contributed by atoms with Crippen molar-refractivity contribution in [1.82, 2.24) is 10.2 Å². The van der Waals surface area contributed by atoms with E-state index in [2.05, 4.69) is 40.5 Å². The Hall–Kier alpha value is -2.33. The number of benzene rings is 2. The van der Waals surface area contributed by atoms with Crippen LogP contribution < -0.4 is 10.1 Å². The molecule has 2 aromatic carbocycles. The molecule has 4 heteroatoms. The first-order valence-electron chi connectivity index (χ1n) is 11.0. The average molecular weight is 393 g/mol. The van der Waals surface area contributed by atoms with Gasteiger partial charge in [0.05, 0.1) is 0 Å². The molecule has 0 saturated carbocycles. The Labute approximate surface area is 174 Å². The van der Waals surface area contributed by atoms with Gasteiger partial charge in [0.1, 0.15) is 5.75 Å². The minimum absolute atomic E-state index is 0.0256. The number of fused-ring (bicyclic) bond motifs is 2. The summed E-state index contributed by atoms with van der Waals surface area (Å²) in [5, 5.41) is 3.05. The second kappa shape index (κ2) is 9.45. The van der Waals surface area contributed by atoms with E-state index in [-0.39, 0.29) is 5.91 Å². The van der Waals surface area contributed by atoms with Gasteiger partial charge < -0.3 is 10.1 Å². The van der Waals surface area contributed by atoms with Crippen LogP contribution >= 0.6 is 0 Å². The number of hydrogen-bond acceptors (Lipinski definition) is 3. The summed E-state index contributed by atoms with van der Waals surface area (Å²) >= 11 is 0. The molecule has 2 aromatic rings. The van der Waals surface area contributed by atoms with Crippen LogP contribution in [0.4, 0.5) is 0 Å². The highest BCUT2D eigenvalue weighted by Crippen LogP contribution is 2.30. The van der Waals surface area contributed by atoms with E-state index in [1.165, 1.54) is 35.1 Å². The summed E-state index contributed by atoms with van der Waals surface area (Å²) in [6.45, 7) is 5.67. The molecule has 0 unspecified atom stereocenters. The normalized spacial score (nSPS) is 17.1. The zero-order chi connectivity index (χ0) is 20.1. The van der Waals surface area contributed by atoms with E-state index >= 15 is 0 Å². The minimum Gasteiger partial charge on any atom is -0.481 e. The first-order valence-corrected chi connectivity index (χ1v) is 11.0. The van der Waals surface area contributed by atoms with Crippen molar-refractivity contribution < 1.29 is 9.53 Å². The molecule has 1 heterocycles. The van der Waals surface area contributed by atoms with Crippen molar-refractivity contribution in [3.05, 3.63) is 64.7 Å². The van der Waals surface area contributed by atoms with Crippen LogP contribution in [0.3, 0.4) is 0 Å². The summed E-state index contributed by atoms with van der Waals surface area (Å²) in [4.78, 5) is 15.0. The summed E-state index contributed by atoms with van der Waals surface area (Å²) in [5.41, 5.74) is 5.59. The number of carbonyl (C=O) groups is 1. The third kappa shape index (κ3) is 4.99. The SMILES string of the molecule is C[C@H](Oc1cccc2c1CCCC2)C(=O)NCCCN1CCc2ccccc2C1. The molecule has 0 bridgehead atoms. The number of nitrogens with zero attached hydrogens (tertiary/aromatic N) is 1. The van der Waals surface area contributed by atoms with Crippen LogP contribution in [0.15, 0.2) is 42.5 Å². The fourth-order valence-electron chi connectivity index (χ4n) is 4.50. The molecule has 1 N–H and O–H groups in total. The number of amides is 1. The molecule has 0 radical (unpaired) electrons. The van der Waals surface area contributed by atoms with Crippen molar-refractivity contribution in [3.8, 4) is 5.75 Å². The zero-order valence-corrected chi connectivity index (χ0v) is 17.5. The van der Waals surface area contributed by atoms with Gasteiger partial charge in [-0.05, 0) is 73.8 Å². The topological polar surface area (TPSA) is 41.6 Å². The summed E-state index contributed by atoms with van der Waals surface area (Å²) in [6.07, 6.45) is 6.23. The summed E-state index contributed by atoms with van der Waals surface area (Å²) in [5.74, 6) is 0.860. The van der Waals surface area contributed by atoms with Crippen molar-refractivity contribution in [2.24, 2.45) is 0 Å². The lowest BCUT2D eigenvalue weighted by Gasteiger charge is -2.28. The molecule has 1 amide bonds. The highest BCUT2D eigenvalue weighted by Gasteiger charge is 2.19. The Morgan fingerprint density at radius 1 is 1.03 bits per heavy atom. The van der Waals surface area contributed by atoms with Crippen molar-refractivity contribution in [3.63, 3.8) is 0 Å². The van der Waals surface area contributed by atoms with E-state index in [0.717, 1.165) is 51.1 Å². The van der Waals surface area contributed by atoms with Gasteiger partial charge in [0.2, 0.25) is 0 Å². The maximum Gasteiger partial charge on any atom is 0.260 e. The summed E-state index contributed by atoms with van der Waals surface area (Å²) < 4.78 is 6.04. The molecule has 154 valence electrons. The molecule has 0 spiro atoms. The van der Waals surface area contributed by atoms with E-state index in [4.69, 9.17) is 4.74 Å². The van der Waals surface area contributed by atoms with Crippen LogP contribution in [0.25, 0.3) is 0 Å². The Bertz CT molecular complexity index is 848. The van der Waals surface area contributed by atoms with E-state index in [1.807, 2.05) is 19.1 Å². The largest absolute Gasteiger partial charge is 0.481 e. The van der Waals surface area contributed by atoms with Crippen molar-refractivity contribution in [2.75, 3.05) is 19.6 Å². The molecule has 4 rings (SSSR count). The number of aryl methyl sites for hydroxylation is 1. The van der Waals surface area contributed by atoms with Gasteiger partial charge in [0, 0.05) is 26.2 Å². The van der Waals surface area contributed by atoms with Gasteiger partial charge in [-0.2, -0.15) is 0 Å². The monoisotopic (exact) mass is 392 g/mol. The van der Waals surface area contributed by atoms with Gasteiger partial charge in [-0.1, -0.05) is 36.4 Å². The maximum absolute atomic E-state index is 12.5. The lowest BCUT2D eigenvalue weighted by atomic mass is 9.91. The lowest BCUT2D eigenvalue weighted by molar-refractivity contribution is -0.127. The summed E-state index contributed by atoms with van der Waals surface area (Å²) in [6, 6.07) is 14.9. The van der Waals surface area contributed by atoms with Gasteiger partial charge in [-0.3, -0.25) is 9.69 Å². The molecule has 1 aliphatic carbocycles. The molecule has 0 aromatic heterocycles. The van der Waals surface area contributed by atoms with Crippen molar-refractivity contribution >= 4 is 5.91 Å². The van der Waals surface area contributed by atoms with E-state index in [9.17, 15) is 4.79 Å². The van der Waals surface area contributed by atoms with Gasteiger partial charge in [-0.15, -0.1) is 0 Å². The van der Waals surface area contributed by atoms with Crippen LogP contribution in [0, 0.1) is 0 Å². The maximum atomic E-state index is 12.5. The molecule has 1 atom stereocenters. The predicted molar refractivity (Wildman–Crippen MR) is 116 cm³/mol. The molecular weight excluding hydrogens is 360 g/mol. The van der Waals surface area contributed by atoms with E-state index in [1.54, 1.807) is 0 Å². The smallest absolute Gasteiger partial charge is 0.260 e. The number of ether oxygens (including phenoxy) is 1. The molecule has 0 fully saturated rings. The highest BCUT2D eigenvalue weighted by atomic mass is 16.5. The van der Waals surface area contributed by atoms with Crippen molar-refractivity contribution in [2.45, 2.75) is 58.1 Å². The van der Waals surface area contributed by atoms with Gasteiger partial charge in [0.25, 0.3) is 5.91 Å². The molecule has 1 aliphatic heterocycles. The van der Waals surface area contributed by atoms with Crippen LogP contribution in [0.2, 0.25) is 0 Å². The summed E-state index contributed by atoms with van der Waals surface area (Å²) in [7, 11) is 0. The predicted octanol–water partition coefficient (Wildman–Crippen LogP) is 3.90.